The van der Waals surface area contributed by atoms with Gasteiger partial charge in [0.2, 0.25) is 0 Å². The lowest BCUT2D eigenvalue weighted by atomic mass is 10.2. The molecule has 1 aromatic carbocycles. The van der Waals surface area contributed by atoms with E-state index in [9.17, 15) is 14.0 Å². The Balaban J connectivity index is 2.41. The number of nitrogens with one attached hydrogen (secondary N) is 1. The number of aromatic amines is 1. The second-order valence-corrected chi connectivity index (χ2v) is 4.32. The van der Waals surface area contributed by atoms with Gasteiger partial charge in [-0.2, -0.15) is 0 Å². The van der Waals surface area contributed by atoms with E-state index in [4.69, 9.17) is 0 Å². The Hall–Kier alpha value is -1.69. The molecule has 0 aliphatic carbocycles. The van der Waals surface area contributed by atoms with Gasteiger partial charge in [0.05, 0.1) is 6.54 Å². The minimum absolute atomic E-state index is 0.176. The van der Waals surface area contributed by atoms with Gasteiger partial charge in [-0.25, -0.2) is 9.07 Å². The molecule has 0 aliphatic heterocycles. The van der Waals surface area contributed by atoms with Crippen molar-refractivity contribution < 1.29 is 4.39 Å². The molecule has 4 nitrogen and oxygen atoms in total. The van der Waals surface area contributed by atoms with E-state index in [-0.39, 0.29) is 23.5 Å². The molecule has 0 aliphatic rings. The van der Waals surface area contributed by atoms with Crippen LogP contribution in [0.25, 0.3) is 0 Å². The second-order valence-electron chi connectivity index (χ2n) is 3.47. The molecule has 0 saturated heterocycles. The number of rotatable bonds is 2. The SMILES string of the molecule is O=c1ccc(=O)n(Cc2ccc(F)cc2Br)[nH]1. The standard InChI is InChI=1S/C11H8BrFN2O2/c12-9-5-8(13)2-1-7(9)6-15-11(17)4-3-10(16)14-15/h1-5H,6H2,(H,14,16). The molecule has 1 aromatic heterocycles. The van der Waals surface area contributed by atoms with Crippen LogP contribution in [0.4, 0.5) is 4.39 Å². The number of aromatic nitrogens is 2. The Morgan fingerprint density at radius 1 is 1.24 bits per heavy atom. The molecule has 0 amide bonds. The third-order valence-corrected chi connectivity index (χ3v) is 2.97. The lowest BCUT2D eigenvalue weighted by Gasteiger charge is -2.06. The fraction of sp³-hybridized carbons (Fsp3) is 0.0909. The van der Waals surface area contributed by atoms with Gasteiger partial charge in [-0.15, -0.1) is 0 Å². The molecule has 2 rings (SSSR count). The highest BCUT2D eigenvalue weighted by atomic mass is 79.9. The molecule has 6 heteroatoms. The zero-order chi connectivity index (χ0) is 12.4. The van der Waals surface area contributed by atoms with Crippen LogP contribution < -0.4 is 11.1 Å². The van der Waals surface area contributed by atoms with Gasteiger partial charge in [-0.1, -0.05) is 22.0 Å². The van der Waals surface area contributed by atoms with Gasteiger partial charge in [0.25, 0.3) is 11.1 Å². The summed E-state index contributed by atoms with van der Waals surface area (Å²) < 4.78 is 14.6. The van der Waals surface area contributed by atoms with Crippen molar-refractivity contribution >= 4 is 15.9 Å². The lowest BCUT2D eigenvalue weighted by molar-refractivity contribution is 0.612. The first kappa shape index (κ1) is 11.8. The summed E-state index contributed by atoms with van der Waals surface area (Å²) >= 11 is 3.20. The molecule has 0 saturated carbocycles. The van der Waals surface area contributed by atoms with Crippen LogP contribution >= 0.6 is 15.9 Å². The number of benzene rings is 1. The Morgan fingerprint density at radius 3 is 2.71 bits per heavy atom. The highest BCUT2D eigenvalue weighted by Gasteiger charge is 2.04. The lowest BCUT2D eigenvalue weighted by Crippen LogP contribution is -2.28. The summed E-state index contributed by atoms with van der Waals surface area (Å²) in [7, 11) is 0. The number of H-pyrrole nitrogens is 1. The summed E-state index contributed by atoms with van der Waals surface area (Å²) in [6.45, 7) is 0.176. The predicted octanol–water partition coefficient (Wildman–Crippen LogP) is 1.49. The van der Waals surface area contributed by atoms with Crippen LogP contribution in [0.5, 0.6) is 0 Å². The van der Waals surface area contributed by atoms with Crippen molar-refractivity contribution in [1.82, 2.24) is 9.78 Å². The van der Waals surface area contributed by atoms with Crippen LogP contribution in [0.3, 0.4) is 0 Å². The maximum atomic E-state index is 12.9. The maximum absolute atomic E-state index is 12.9. The van der Waals surface area contributed by atoms with E-state index in [2.05, 4.69) is 21.0 Å². The summed E-state index contributed by atoms with van der Waals surface area (Å²) in [5, 5.41) is 2.40. The Kier molecular flexibility index (Phi) is 3.23. The van der Waals surface area contributed by atoms with E-state index >= 15 is 0 Å². The summed E-state index contributed by atoms with van der Waals surface area (Å²) in [5.74, 6) is -0.366. The number of nitrogens with zero attached hydrogens (tertiary/aromatic N) is 1. The van der Waals surface area contributed by atoms with Crippen molar-refractivity contribution in [3.63, 3.8) is 0 Å². The Labute approximate surface area is 104 Å². The van der Waals surface area contributed by atoms with Gasteiger partial charge >= 0.3 is 0 Å². The summed E-state index contributed by atoms with van der Waals surface area (Å²) in [5.41, 5.74) is 0.0269. The van der Waals surface area contributed by atoms with Gasteiger partial charge in [-0.3, -0.25) is 14.7 Å². The smallest absolute Gasteiger partial charge is 0.265 e. The monoisotopic (exact) mass is 298 g/mol. The van der Waals surface area contributed by atoms with Crippen molar-refractivity contribution in [2.24, 2.45) is 0 Å². The van der Waals surface area contributed by atoms with Gasteiger partial charge in [0, 0.05) is 16.6 Å². The van der Waals surface area contributed by atoms with E-state index in [1.54, 1.807) is 6.07 Å². The third kappa shape index (κ3) is 2.71. The summed E-state index contributed by atoms with van der Waals surface area (Å²) in [6.07, 6.45) is 0. The fourth-order valence-corrected chi connectivity index (χ4v) is 1.88. The van der Waals surface area contributed by atoms with Crippen molar-refractivity contribution in [1.29, 1.82) is 0 Å². The quantitative estimate of drug-likeness (QED) is 0.913. The molecular formula is C11H8BrFN2O2. The Morgan fingerprint density at radius 2 is 2.00 bits per heavy atom. The van der Waals surface area contributed by atoms with E-state index in [1.807, 2.05) is 0 Å². The zero-order valence-corrected chi connectivity index (χ0v) is 10.2. The van der Waals surface area contributed by atoms with Gasteiger partial charge in [0.1, 0.15) is 5.82 Å². The average molecular weight is 299 g/mol. The second kappa shape index (κ2) is 4.67. The molecule has 2 aromatic rings. The number of hydrogen-bond donors (Lipinski definition) is 1. The Bertz CT molecular complexity index is 663. The van der Waals surface area contributed by atoms with Crippen molar-refractivity contribution in [2.75, 3.05) is 0 Å². The van der Waals surface area contributed by atoms with Crippen LogP contribution in [-0.4, -0.2) is 9.78 Å². The average Bonchev–Trinajstić information content (AvgIpc) is 2.27. The molecule has 0 spiro atoms. The van der Waals surface area contributed by atoms with E-state index in [0.717, 1.165) is 0 Å². The largest absolute Gasteiger partial charge is 0.268 e. The number of hydrogen-bond acceptors (Lipinski definition) is 2. The first-order chi connectivity index (χ1) is 8.06. The van der Waals surface area contributed by atoms with Gasteiger partial charge < -0.3 is 0 Å². The van der Waals surface area contributed by atoms with E-state index in [1.165, 1.54) is 28.9 Å². The van der Waals surface area contributed by atoms with Crippen LogP contribution in [0.2, 0.25) is 0 Å². The summed E-state index contributed by atoms with van der Waals surface area (Å²) in [6, 6.07) is 6.51. The fourth-order valence-electron chi connectivity index (χ4n) is 1.40. The van der Waals surface area contributed by atoms with Gasteiger partial charge in [-0.05, 0) is 17.7 Å². The molecule has 1 heterocycles. The first-order valence-electron chi connectivity index (χ1n) is 4.80. The maximum Gasteiger partial charge on any atom is 0.265 e. The highest BCUT2D eigenvalue weighted by molar-refractivity contribution is 9.10. The predicted molar refractivity (Wildman–Crippen MR) is 64.5 cm³/mol. The molecule has 88 valence electrons. The van der Waals surface area contributed by atoms with Crippen LogP contribution in [0.15, 0.2) is 44.4 Å². The molecule has 0 fully saturated rings. The molecule has 17 heavy (non-hydrogen) atoms. The van der Waals surface area contributed by atoms with Crippen LogP contribution in [0.1, 0.15) is 5.56 Å². The number of halogens is 2. The molecule has 1 N–H and O–H groups in total. The molecular weight excluding hydrogens is 291 g/mol. The molecule has 0 atom stereocenters. The van der Waals surface area contributed by atoms with Gasteiger partial charge in [0.15, 0.2) is 0 Å². The highest BCUT2D eigenvalue weighted by Crippen LogP contribution is 2.18. The van der Waals surface area contributed by atoms with Crippen molar-refractivity contribution in [2.45, 2.75) is 6.54 Å². The van der Waals surface area contributed by atoms with E-state index in [0.29, 0.717) is 10.0 Å². The van der Waals surface area contributed by atoms with Crippen molar-refractivity contribution in [3.8, 4) is 0 Å². The topological polar surface area (TPSA) is 54.9 Å². The molecule has 0 unspecified atom stereocenters. The van der Waals surface area contributed by atoms with Crippen LogP contribution in [-0.2, 0) is 6.54 Å². The molecule has 0 radical (unpaired) electrons. The first-order valence-corrected chi connectivity index (χ1v) is 5.59. The van der Waals surface area contributed by atoms with E-state index < -0.39 is 0 Å². The minimum atomic E-state index is -0.366. The van der Waals surface area contributed by atoms with Crippen LogP contribution in [0, 0.1) is 5.82 Å². The minimum Gasteiger partial charge on any atom is -0.268 e. The molecule has 0 bridgehead atoms. The summed E-state index contributed by atoms with van der Waals surface area (Å²) in [4.78, 5) is 22.5. The van der Waals surface area contributed by atoms with Crippen molar-refractivity contribution in [3.05, 3.63) is 66.9 Å². The third-order valence-electron chi connectivity index (χ3n) is 2.23. The normalized spacial score (nSPS) is 10.5. The zero-order valence-electron chi connectivity index (χ0n) is 8.61.